The first-order valence-electron chi connectivity index (χ1n) is 8.06. The molecule has 2 aromatic rings. The Labute approximate surface area is 137 Å². The Balaban J connectivity index is 0.00000144. The number of benzene rings is 1. The molecule has 1 fully saturated rings. The average molecular weight is 320 g/mol. The maximum atomic E-state index is 5.51. The minimum Gasteiger partial charge on any atom is -0.334 e. The van der Waals surface area contributed by atoms with Crippen molar-refractivity contribution in [2.45, 2.75) is 44.4 Å². The summed E-state index contributed by atoms with van der Waals surface area (Å²) < 4.78 is 5.51. The molecule has 4 rings (SSSR count). The lowest BCUT2D eigenvalue weighted by molar-refractivity contribution is 0.415. The van der Waals surface area contributed by atoms with Crippen LogP contribution in [0.5, 0.6) is 0 Å². The molecule has 2 aliphatic rings. The smallest absolute Gasteiger partial charge is 0.257 e. The van der Waals surface area contributed by atoms with Gasteiger partial charge in [0.15, 0.2) is 5.82 Å². The SMILES string of the molecule is Cl.c1cc2c(cc1-c1nc(C3CCCC3)no1)CCNCC2. The van der Waals surface area contributed by atoms with Crippen LogP contribution < -0.4 is 5.32 Å². The monoisotopic (exact) mass is 319 g/mol. The molecule has 4 nitrogen and oxygen atoms in total. The van der Waals surface area contributed by atoms with Gasteiger partial charge in [-0.1, -0.05) is 24.1 Å². The van der Waals surface area contributed by atoms with Crippen molar-refractivity contribution in [3.8, 4) is 11.5 Å². The van der Waals surface area contributed by atoms with Crippen LogP contribution in [-0.2, 0) is 12.8 Å². The number of halogens is 1. The Morgan fingerprint density at radius 2 is 1.82 bits per heavy atom. The van der Waals surface area contributed by atoms with E-state index in [1.165, 1.54) is 36.8 Å². The zero-order valence-electron chi connectivity index (χ0n) is 12.7. The normalized spacial score (nSPS) is 18.5. The molecule has 0 unspecified atom stereocenters. The highest BCUT2D eigenvalue weighted by atomic mass is 35.5. The van der Waals surface area contributed by atoms with E-state index in [4.69, 9.17) is 4.52 Å². The second-order valence-corrected chi connectivity index (χ2v) is 6.17. The van der Waals surface area contributed by atoms with Gasteiger partial charge in [0.1, 0.15) is 0 Å². The zero-order chi connectivity index (χ0) is 14.1. The largest absolute Gasteiger partial charge is 0.334 e. The summed E-state index contributed by atoms with van der Waals surface area (Å²) in [4.78, 5) is 4.64. The van der Waals surface area contributed by atoms with Crippen molar-refractivity contribution < 1.29 is 4.52 Å². The van der Waals surface area contributed by atoms with E-state index in [9.17, 15) is 0 Å². The highest BCUT2D eigenvalue weighted by Gasteiger charge is 2.23. The average Bonchev–Trinajstić information content (AvgIpc) is 3.14. The van der Waals surface area contributed by atoms with E-state index in [0.29, 0.717) is 11.8 Å². The van der Waals surface area contributed by atoms with E-state index >= 15 is 0 Å². The van der Waals surface area contributed by atoms with Crippen LogP contribution in [0.1, 0.15) is 48.6 Å². The summed E-state index contributed by atoms with van der Waals surface area (Å²) in [5.41, 5.74) is 3.92. The van der Waals surface area contributed by atoms with E-state index in [0.717, 1.165) is 37.3 Å². The van der Waals surface area contributed by atoms with E-state index in [1.54, 1.807) is 0 Å². The van der Waals surface area contributed by atoms with Gasteiger partial charge in [0.25, 0.3) is 5.89 Å². The molecule has 0 spiro atoms. The molecule has 5 heteroatoms. The maximum absolute atomic E-state index is 5.51. The second-order valence-electron chi connectivity index (χ2n) is 6.17. The number of nitrogens with one attached hydrogen (secondary N) is 1. The van der Waals surface area contributed by atoms with Crippen molar-refractivity contribution in [1.29, 1.82) is 0 Å². The fourth-order valence-electron chi connectivity index (χ4n) is 3.51. The van der Waals surface area contributed by atoms with Gasteiger partial charge in [-0.05, 0) is 62.0 Å². The first-order valence-corrected chi connectivity index (χ1v) is 8.06. The van der Waals surface area contributed by atoms with Gasteiger partial charge in [0.05, 0.1) is 0 Å². The fraction of sp³-hybridized carbons (Fsp3) is 0.529. The molecule has 22 heavy (non-hydrogen) atoms. The molecule has 1 N–H and O–H groups in total. The standard InChI is InChI=1S/C17H21N3O.ClH/c1-2-4-13(3-1)16-19-17(21-20-16)15-6-5-12-7-9-18-10-8-14(12)11-15;/h5-6,11,13,18H,1-4,7-10H2;1H. The van der Waals surface area contributed by atoms with Crippen LogP contribution in [0.4, 0.5) is 0 Å². The van der Waals surface area contributed by atoms with Gasteiger partial charge in [-0.2, -0.15) is 4.98 Å². The summed E-state index contributed by atoms with van der Waals surface area (Å²) in [6.07, 6.45) is 7.17. The number of nitrogens with zero attached hydrogens (tertiary/aromatic N) is 2. The van der Waals surface area contributed by atoms with Crippen LogP contribution in [0.3, 0.4) is 0 Å². The van der Waals surface area contributed by atoms with Gasteiger partial charge < -0.3 is 9.84 Å². The van der Waals surface area contributed by atoms with Crippen molar-refractivity contribution in [2.75, 3.05) is 13.1 Å². The summed E-state index contributed by atoms with van der Waals surface area (Å²) in [7, 11) is 0. The van der Waals surface area contributed by atoms with Gasteiger partial charge in [-0.15, -0.1) is 12.4 Å². The highest BCUT2D eigenvalue weighted by molar-refractivity contribution is 5.85. The van der Waals surface area contributed by atoms with Crippen molar-refractivity contribution in [3.63, 3.8) is 0 Å². The van der Waals surface area contributed by atoms with Crippen LogP contribution in [0.25, 0.3) is 11.5 Å². The lowest BCUT2D eigenvalue weighted by Gasteiger charge is -2.06. The van der Waals surface area contributed by atoms with Crippen LogP contribution in [0, 0.1) is 0 Å². The Kier molecular flexibility index (Phi) is 4.79. The minimum absolute atomic E-state index is 0. The second kappa shape index (κ2) is 6.80. The number of rotatable bonds is 2. The first kappa shape index (κ1) is 15.5. The Morgan fingerprint density at radius 3 is 2.64 bits per heavy atom. The van der Waals surface area contributed by atoms with Crippen molar-refractivity contribution in [3.05, 3.63) is 35.2 Å². The molecule has 0 atom stereocenters. The minimum atomic E-state index is 0. The third-order valence-corrected chi connectivity index (χ3v) is 4.76. The van der Waals surface area contributed by atoms with Crippen LogP contribution in [-0.4, -0.2) is 23.2 Å². The molecule has 1 aromatic heterocycles. The van der Waals surface area contributed by atoms with E-state index in [2.05, 4.69) is 33.7 Å². The third kappa shape index (κ3) is 3.03. The molecule has 1 saturated carbocycles. The molecule has 1 aliphatic carbocycles. The number of hydrogen-bond acceptors (Lipinski definition) is 4. The first-order chi connectivity index (χ1) is 10.4. The van der Waals surface area contributed by atoms with Crippen molar-refractivity contribution in [1.82, 2.24) is 15.5 Å². The Hall–Kier alpha value is -1.39. The molecule has 0 amide bonds. The molecular formula is C17H22ClN3O. The predicted molar refractivity (Wildman–Crippen MR) is 88.5 cm³/mol. The Bertz CT molecular complexity index is 635. The number of fused-ring (bicyclic) bond motifs is 1. The van der Waals surface area contributed by atoms with E-state index < -0.39 is 0 Å². The highest BCUT2D eigenvalue weighted by Crippen LogP contribution is 2.33. The molecule has 118 valence electrons. The van der Waals surface area contributed by atoms with Crippen molar-refractivity contribution >= 4 is 12.4 Å². The van der Waals surface area contributed by atoms with Crippen molar-refractivity contribution in [2.24, 2.45) is 0 Å². The van der Waals surface area contributed by atoms with Crippen LogP contribution in [0.15, 0.2) is 22.7 Å². The lowest BCUT2D eigenvalue weighted by atomic mass is 10.00. The maximum Gasteiger partial charge on any atom is 0.257 e. The van der Waals surface area contributed by atoms with Gasteiger partial charge in [-0.25, -0.2) is 0 Å². The molecule has 1 aliphatic heterocycles. The number of aromatic nitrogens is 2. The summed E-state index contributed by atoms with van der Waals surface area (Å²) in [6.45, 7) is 2.12. The van der Waals surface area contributed by atoms with Gasteiger partial charge in [0, 0.05) is 11.5 Å². The zero-order valence-corrected chi connectivity index (χ0v) is 13.5. The molecule has 0 saturated heterocycles. The summed E-state index contributed by atoms with van der Waals surface area (Å²) in [5, 5.41) is 7.65. The van der Waals surface area contributed by atoms with Gasteiger partial charge in [-0.3, -0.25) is 0 Å². The van der Waals surface area contributed by atoms with E-state index in [-0.39, 0.29) is 12.4 Å². The predicted octanol–water partition coefficient (Wildman–Crippen LogP) is 3.50. The summed E-state index contributed by atoms with van der Waals surface area (Å²) in [6, 6.07) is 6.57. The third-order valence-electron chi connectivity index (χ3n) is 4.76. The molecule has 1 aromatic carbocycles. The van der Waals surface area contributed by atoms with Crippen LogP contribution in [0.2, 0.25) is 0 Å². The number of hydrogen-bond donors (Lipinski definition) is 1. The van der Waals surface area contributed by atoms with E-state index in [1.807, 2.05) is 0 Å². The summed E-state index contributed by atoms with van der Waals surface area (Å²) in [5.74, 6) is 2.09. The van der Waals surface area contributed by atoms with Crippen LogP contribution >= 0.6 is 12.4 Å². The van der Waals surface area contributed by atoms with Gasteiger partial charge >= 0.3 is 0 Å². The van der Waals surface area contributed by atoms with Gasteiger partial charge in [0.2, 0.25) is 0 Å². The molecule has 0 bridgehead atoms. The topological polar surface area (TPSA) is 51.0 Å². The quantitative estimate of drug-likeness (QED) is 0.920. The molecular weight excluding hydrogens is 298 g/mol. The lowest BCUT2D eigenvalue weighted by Crippen LogP contribution is -2.16. The fourth-order valence-corrected chi connectivity index (χ4v) is 3.51. The Morgan fingerprint density at radius 1 is 1.05 bits per heavy atom. The summed E-state index contributed by atoms with van der Waals surface area (Å²) >= 11 is 0. The molecule has 0 radical (unpaired) electrons. The molecule has 2 heterocycles.